The maximum absolute atomic E-state index is 13.2. The van der Waals surface area contributed by atoms with Crippen molar-refractivity contribution in [3.8, 4) is 0 Å². The molecule has 3 heterocycles. The number of rotatable bonds is 7. The number of anilines is 2. The number of hydrogen-bond donors (Lipinski definition) is 1. The number of carbonyl (C=O) groups excluding carboxylic acids is 1. The number of benzene rings is 1. The van der Waals surface area contributed by atoms with Crippen LogP contribution in [0.25, 0.3) is 0 Å². The van der Waals surface area contributed by atoms with Gasteiger partial charge in [-0.2, -0.15) is 15.6 Å². The Bertz CT molecular complexity index is 994. The molecule has 2 saturated heterocycles. The standard InChI is InChI=1S/C23H31N3O4S2/c27-23(8-5-19-9-16-31-18-19)24-21-17-20(32(28,29)26-12-14-30-15-13-26)6-7-22(21)25-10-3-1-2-4-11-25/h6-7,9,16-18H,1-5,8,10-15H2,(H,24,27). The molecule has 1 aromatic carbocycles. The molecule has 174 valence electrons. The summed E-state index contributed by atoms with van der Waals surface area (Å²) < 4.78 is 33.2. The maximum atomic E-state index is 13.2. The largest absolute Gasteiger partial charge is 0.379 e. The Morgan fingerprint density at radius 3 is 2.47 bits per heavy atom. The first-order valence-electron chi connectivity index (χ1n) is 11.3. The molecular formula is C23H31N3O4S2. The molecule has 0 bridgehead atoms. The number of hydrogen-bond acceptors (Lipinski definition) is 6. The number of ether oxygens (including phenoxy) is 1. The van der Waals surface area contributed by atoms with Crippen LogP contribution in [0.15, 0.2) is 39.9 Å². The van der Waals surface area contributed by atoms with Gasteiger partial charge in [0, 0.05) is 32.6 Å². The van der Waals surface area contributed by atoms with E-state index < -0.39 is 10.0 Å². The first kappa shape index (κ1) is 23.2. The third-order valence-corrected chi connectivity index (χ3v) is 8.64. The number of nitrogens with one attached hydrogen (secondary N) is 1. The maximum Gasteiger partial charge on any atom is 0.243 e. The summed E-state index contributed by atoms with van der Waals surface area (Å²) in [4.78, 5) is 15.3. The van der Waals surface area contributed by atoms with Gasteiger partial charge in [-0.05, 0) is 59.9 Å². The van der Waals surface area contributed by atoms with Crippen LogP contribution >= 0.6 is 11.3 Å². The summed E-state index contributed by atoms with van der Waals surface area (Å²) in [5, 5.41) is 7.07. The van der Waals surface area contributed by atoms with E-state index in [2.05, 4.69) is 10.2 Å². The third kappa shape index (κ3) is 5.70. The number of sulfonamides is 1. The zero-order valence-electron chi connectivity index (χ0n) is 18.3. The van der Waals surface area contributed by atoms with Crippen LogP contribution in [-0.2, 0) is 26.0 Å². The third-order valence-electron chi connectivity index (χ3n) is 6.02. The molecule has 9 heteroatoms. The van der Waals surface area contributed by atoms with Crippen molar-refractivity contribution >= 4 is 38.6 Å². The lowest BCUT2D eigenvalue weighted by Gasteiger charge is -2.28. The molecule has 0 radical (unpaired) electrons. The Morgan fingerprint density at radius 1 is 1.03 bits per heavy atom. The lowest BCUT2D eigenvalue weighted by atomic mass is 10.1. The van der Waals surface area contributed by atoms with E-state index in [-0.39, 0.29) is 10.8 Å². The minimum Gasteiger partial charge on any atom is -0.379 e. The highest BCUT2D eigenvalue weighted by Crippen LogP contribution is 2.32. The predicted molar refractivity (Wildman–Crippen MR) is 128 cm³/mol. The summed E-state index contributed by atoms with van der Waals surface area (Å²) >= 11 is 1.62. The van der Waals surface area contributed by atoms with Gasteiger partial charge >= 0.3 is 0 Å². The average Bonchev–Trinajstić information content (AvgIpc) is 3.19. The van der Waals surface area contributed by atoms with Crippen molar-refractivity contribution in [3.63, 3.8) is 0 Å². The van der Waals surface area contributed by atoms with Crippen molar-refractivity contribution in [3.05, 3.63) is 40.6 Å². The molecule has 0 spiro atoms. The summed E-state index contributed by atoms with van der Waals surface area (Å²) in [5.41, 5.74) is 2.62. The van der Waals surface area contributed by atoms with E-state index in [0.717, 1.165) is 37.2 Å². The van der Waals surface area contributed by atoms with E-state index in [1.807, 2.05) is 22.9 Å². The van der Waals surface area contributed by atoms with Crippen LogP contribution in [0.1, 0.15) is 37.7 Å². The smallest absolute Gasteiger partial charge is 0.243 e. The Kier molecular flexibility index (Phi) is 7.83. The van der Waals surface area contributed by atoms with Gasteiger partial charge in [0.15, 0.2) is 0 Å². The molecule has 7 nitrogen and oxygen atoms in total. The number of nitrogens with zero attached hydrogens (tertiary/aromatic N) is 2. The quantitative estimate of drug-likeness (QED) is 0.658. The Morgan fingerprint density at radius 2 is 1.78 bits per heavy atom. The van der Waals surface area contributed by atoms with Crippen LogP contribution in [0, 0.1) is 0 Å². The van der Waals surface area contributed by atoms with Crippen molar-refractivity contribution in [1.29, 1.82) is 0 Å². The van der Waals surface area contributed by atoms with E-state index in [0.29, 0.717) is 44.8 Å². The average molecular weight is 478 g/mol. The van der Waals surface area contributed by atoms with Crippen LogP contribution in [0.4, 0.5) is 11.4 Å². The highest BCUT2D eigenvalue weighted by molar-refractivity contribution is 7.89. The Hall–Kier alpha value is -1.94. The second-order valence-corrected chi connectivity index (χ2v) is 11.0. The number of amides is 1. The van der Waals surface area contributed by atoms with Gasteiger partial charge in [0.25, 0.3) is 0 Å². The van der Waals surface area contributed by atoms with Gasteiger partial charge in [-0.25, -0.2) is 8.42 Å². The van der Waals surface area contributed by atoms with E-state index in [1.165, 1.54) is 17.1 Å². The minimum absolute atomic E-state index is 0.104. The monoisotopic (exact) mass is 477 g/mol. The fourth-order valence-corrected chi connectivity index (χ4v) is 6.34. The summed E-state index contributed by atoms with van der Waals surface area (Å²) in [6.07, 6.45) is 5.61. The highest BCUT2D eigenvalue weighted by Gasteiger charge is 2.28. The SMILES string of the molecule is O=C(CCc1ccsc1)Nc1cc(S(=O)(=O)N2CCOCC2)ccc1N1CCCCCC1. The molecular weight excluding hydrogens is 446 g/mol. The molecule has 0 saturated carbocycles. The lowest BCUT2D eigenvalue weighted by Crippen LogP contribution is -2.40. The zero-order valence-corrected chi connectivity index (χ0v) is 19.9. The molecule has 0 atom stereocenters. The zero-order chi connectivity index (χ0) is 22.4. The normalized spacial score (nSPS) is 18.3. The number of thiophene rings is 1. The highest BCUT2D eigenvalue weighted by atomic mass is 32.2. The molecule has 0 unspecified atom stereocenters. The van der Waals surface area contributed by atoms with Gasteiger partial charge in [0.05, 0.1) is 29.5 Å². The summed E-state index contributed by atoms with van der Waals surface area (Å²) in [6.45, 7) is 3.31. The molecule has 2 fully saturated rings. The van der Waals surface area contributed by atoms with Crippen molar-refractivity contribution in [2.75, 3.05) is 49.6 Å². The topological polar surface area (TPSA) is 79.0 Å². The van der Waals surface area contributed by atoms with Gasteiger partial charge in [0.2, 0.25) is 15.9 Å². The molecule has 32 heavy (non-hydrogen) atoms. The molecule has 1 amide bonds. The molecule has 1 N–H and O–H groups in total. The van der Waals surface area contributed by atoms with Crippen LogP contribution in [0.5, 0.6) is 0 Å². The fourth-order valence-electron chi connectivity index (χ4n) is 4.20. The van der Waals surface area contributed by atoms with Crippen LogP contribution < -0.4 is 10.2 Å². The summed E-state index contributed by atoms with van der Waals surface area (Å²) in [5.74, 6) is -0.104. The summed E-state index contributed by atoms with van der Waals surface area (Å²) in [7, 11) is -3.64. The number of morpholine rings is 1. The van der Waals surface area contributed by atoms with Gasteiger partial charge in [0.1, 0.15) is 0 Å². The van der Waals surface area contributed by atoms with Crippen molar-refractivity contribution in [2.24, 2.45) is 0 Å². The molecule has 0 aliphatic carbocycles. The number of aryl methyl sites for hydroxylation is 1. The van der Waals surface area contributed by atoms with Gasteiger partial charge < -0.3 is 15.0 Å². The Balaban J connectivity index is 1.58. The molecule has 2 aromatic rings. The second-order valence-electron chi connectivity index (χ2n) is 8.28. The minimum atomic E-state index is -3.64. The van der Waals surface area contributed by atoms with Gasteiger partial charge in [-0.1, -0.05) is 12.8 Å². The fraction of sp³-hybridized carbons (Fsp3) is 0.522. The van der Waals surface area contributed by atoms with Crippen LogP contribution in [0.2, 0.25) is 0 Å². The number of carbonyl (C=O) groups is 1. The van der Waals surface area contributed by atoms with E-state index >= 15 is 0 Å². The van der Waals surface area contributed by atoms with Crippen molar-refractivity contribution in [1.82, 2.24) is 4.31 Å². The molecule has 4 rings (SSSR count). The Labute approximate surface area is 194 Å². The lowest BCUT2D eigenvalue weighted by molar-refractivity contribution is -0.116. The summed E-state index contributed by atoms with van der Waals surface area (Å²) in [6, 6.07) is 7.18. The first-order chi connectivity index (χ1) is 15.5. The van der Waals surface area contributed by atoms with E-state index in [1.54, 1.807) is 23.5 Å². The van der Waals surface area contributed by atoms with E-state index in [4.69, 9.17) is 4.74 Å². The van der Waals surface area contributed by atoms with E-state index in [9.17, 15) is 13.2 Å². The van der Waals surface area contributed by atoms with Crippen molar-refractivity contribution < 1.29 is 17.9 Å². The molecule has 1 aromatic heterocycles. The van der Waals surface area contributed by atoms with Gasteiger partial charge in [-0.3, -0.25) is 4.79 Å². The van der Waals surface area contributed by atoms with Crippen molar-refractivity contribution in [2.45, 2.75) is 43.4 Å². The molecule has 2 aliphatic rings. The second kappa shape index (κ2) is 10.8. The first-order valence-corrected chi connectivity index (χ1v) is 13.7. The van der Waals surface area contributed by atoms with Gasteiger partial charge in [-0.15, -0.1) is 0 Å². The van der Waals surface area contributed by atoms with Crippen LogP contribution in [-0.4, -0.2) is 58.0 Å². The molecule has 2 aliphatic heterocycles. The van der Waals surface area contributed by atoms with Crippen LogP contribution in [0.3, 0.4) is 0 Å². The predicted octanol–water partition coefficient (Wildman–Crippen LogP) is 3.72.